The maximum absolute atomic E-state index is 11.6. The number of alkyl halides is 1. The van der Waals surface area contributed by atoms with Crippen LogP contribution in [0, 0.1) is 6.92 Å². The number of carbonyl (C=O) groups is 1. The van der Waals surface area contributed by atoms with Crippen molar-refractivity contribution in [2.75, 3.05) is 5.88 Å². The van der Waals surface area contributed by atoms with Crippen molar-refractivity contribution in [3.8, 4) is 0 Å². The van der Waals surface area contributed by atoms with Crippen LogP contribution in [0.15, 0.2) is 5.16 Å². The molecular formula is C7H8ClN3OS. The molecule has 1 aliphatic heterocycles. The van der Waals surface area contributed by atoms with E-state index in [1.807, 2.05) is 0 Å². The molecule has 0 spiro atoms. The lowest BCUT2D eigenvalue weighted by Crippen LogP contribution is -2.19. The highest BCUT2D eigenvalue weighted by Crippen LogP contribution is 2.31. The first-order valence-corrected chi connectivity index (χ1v) is 5.34. The first kappa shape index (κ1) is 9.02. The molecule has 0 aromatic carbocycles. The van der Waals surface area contributed by atoms with Gasteiger partial charge in [0, 0.05) is 5.88 Å². The topological polar surface area (TPSA) is 47.8 Å². The molecule has 0 N–H and O–H groups in total. The van der Waals surface area contributed by atoms with Gasteiger partial charge in [0.25, 0.3) is 5.91 Å². The highest BCUT2D eigenvalue weighted by molar-refractivity contribution is 8.00. The van der Waals surface area contributed by atoms with Crippen LogP contribution in [0.3, 0.4) is 0 Å². The summed E-state index contributed by atoms with van der Waals surface area (Å²) in [5, 5.41) is 4.60. The van der Waals surface area contributed by atoms with Gasteiger partial charge in [-0.1, -0.05) is 11.8 Å². The molecule has 0 aliphatic carbocycles. The number of aryl methyl sites for hydroxylation is 1. The smallest absolute Gasteiger partial charge is 0.262 e. The molecule has 70 valence electrons. The summed E-state index contributed by atoms with van der Waals surface area (Å²) in [6, 6.07) is 0. The molecule has 0 amide bonds. The Bertz CT molecular complexity index is 352. The fourth-order valence-electron chi connectivity index (χ4n) is 1.21. The van der Waals surface area contributed by atoms with Crippen molar-refractivity contribution >= 4 is 29.3 Å². The minimum absolute atomic E-state index is 0.00116. The summed E-state index contributed by atoms with van der Waals surface area (Å²) in [7, 11) is 0. The summed E-state index contributed by atoms with van der Waals surface area (Å²) in [4.78, 5) is 15.7. The van der Waals surface area contributed by atoms with Crippen LogP contribution in [-0.4, -0.2) is 31.8 Å². The molecule has 1 aromatic rings. The van der Waals surface area contributed by atoms with Gasteiger partial charge in [-0.05, 0) is 13.3 Å². The van der Waals surface area contributed by atoms with E-state index in [0.717, 1.165) is 0 Å². The van der Waals surface area contributed by atoms with Crippen molar-refractivity contribution in [2.45, 2.75) is 23.8 Å². The van der Waals surface area contributed by atoms with E-state index >= 15 is 0 Å². The van der Waals surface area contributed by atoms with Crippen molar-refractivity contribution in [1.82, 2.24) is 14.8 Å². The summed E-state index contributed by atoms with van der Waals surface area (Å²) in [5.74, 6) is 1.13. The van der Waals surface area contributed by atoms with Gasteiger partial charge >= 0.3 is 0 Å². The van der Waals surface area contributed by atoms with Crippen molar-refractivity contribution in [2.24, 2.45) is 0 Å². The SMILES string of the molecule is Cc1nc2n(n1)C(=O)[C@@H](CCCl)S2. The average molecular weight is 218 g/mol. The minimum atomic E-state index is -0.0897. The summed E-state index contributed by atoms with van der Waals surface area (Å²) >= 11 is 7.02. The Morgan fingerprint density at radius 1 is 1.69 bits per heavy atom. The Labute approximate surface area is 84.7 Å². The second-order valence-electron chi connectivity index (χ2n) is 2.78. The predicted octanol–water partition coefficient (Wildman–Crippen LogP) is 1.33. The quantitative estimate of drug-likeness (QED) is 0.702. The van der Waals surface area contributed by atoms with Gasteiger partial charge in [0.2, 0.25) is 0 Å². The van der Waals surface area contributed by atoms with Gasteiger partial charge in [-0.15, -0.1) is 16.7 Å². The van der Waals surface area contributed by atoms with Crippen LogP contribution in [0.2, 0.25) is 0 Å². The summed E-state index contributed by atoms with van der Waals surface area (Å²) in [6.45, 7) is 1.77. The van der Waals surface area contributed by atoms with Crippen LogP contribution in [0.1, 0.15) is 17.0 Å². The lowest BCUT2D eigenvalue weighted by molar-refractivity contribution is 0.0891. The van der Waals surface area contributed by atoms with E-state index in [1.165, 1.54) is 16.4 Å². The van der Waals surface area contributed by atoms with E-state index in [-0.39, 0.29) is 11.2 Å². The van der Waals surface area contributed by atoms with Gasteiger partial charge < -0.3 is 0 Å². The number of hydrogen-bond donors (Lipinski definition) is 0. The zero-order chi connectivity index (χ0) is 9.42. The molecule has 1 atom stereocenters. The Balaban J connectivity index is 2.25. The molecule has 0 unspecified atom stereocenters. The van der Waals surface area contributed by atoms with Crippen LogP contribution in [0.25, 0.3) is 0 Å². The fraction of sp³-hybridized carbons (Fsp3) is 0.571. The highest BCUT2D eigenvalue weighted by atomic mass is 35.5. The highest BCUT2D eigenvalue weighted by Gasteiger charge is 2.33. The van der Waals surface area contributed by atoms with Crippen molar-refractivity contribution in [3.63, 3.8) is 0 Å². The summed E-state index contributed by atoms with van der Waals surface area (Å²) in [6.07, 6.45) is 0.676. The maximum atomic E-state index is 11.6. The lowest BCUT2D eigenvalue weighted by atomic mass is 10.3. The van der Waals surface area contributed by atoms with Gasteiger partial charge in [-0.25, -0.2) is 4.98 Å². The van der Waals surface area contributed by atoms with Crippen molar-refractivity contribution in [3.05, 3.63) is 5.82 Å². The van der Waals surface area contributed by atoms with Gasteiger partial charge in [-0.3, -0.25) is 4.79 Å². The number of fused-ring (bicyclic) bond motifs is 1. The van der Waals surface area contributed by atoms with E-state index in [9.17, 15) is 4.79 Å². The maximum Gasteiger partial charge on any atom is 0.262 e. The fourth-order valence-corrected chi connectivity index (χ4v) is 2.66. The molecule has 0 saturated heterocycles. The molecule has 1 aliphatic rings. The van der Waals surface area contributed by atoms with Gasteiger partial charge in [0.1, 0.15) is 5.82 Å². The van der Waals surface area contributed by atoms with Crippen molar-refractivity contribution < 1.29 is 4.79 Å². The molecule has 0 fully saturated rings. The molecule has 1 aromatic heterocycles. The molecule has 2 rings (SSSR count). The molecular weight excluding hydrogens is 210 g/mol. The third-order valence-corrected chi connectivity index (χ3v) is 3.20. The Morgan fingerprint density at radius 2 is 2.46 bits per heavy atom. The number of nitrogens with zero attached hydrogens (tertiary/aromatic N) is 3. The molecule has 6 heteroatoms. The summed E-state index contributed by atoms with van der Waals surface area (Å²) < 4.78 is 1.37. The summed E-state index contributed by atoms with van der Waals surface area (Å²) in [5.41, 5.74) is 0. The number of carbonyl (C=O) groups excluding carboxylic acids is 1. The zero-order valence-corrected chi connectivity index (χ0v) is 8.60. The van der Waals surface area contributed by atoms with E-state index in [2.05, 4.69) is 10.1 Å². The zero-order valence-electron chi connectivity index (χ0n) is 7.03. The number of thioether (sulfide) groups is 1. The number of hydrogen-bond acceptors (Lipinski definition) is 4. The van der Waals surface area contributed by atoms with E-state index < -0.39 is 0 Å². The molecule has 4 nitrogen and oxygen atoms in total. The second-order valence-corrected chi connectivity index (χ2v) is 4.32. The second kappa shape index (κ2) is 3.31. The van der Waals surface area contributed by atoms with E-state index in [0.29, 0.717) is 23.3 Å². The molecule has 0 bridgehead atoms. The standard InChI is InChI=1S/C7H8ClN3OS/c1-4-9-7-11(10-4)6(12)5(13-7)2-3-8/h5H,2-3H2,1H3/t5-/m1/s1. The molecule has 13 heavy (non-hydrogen) atoms. The van der Waals surface area contributed by atoms with Crippen LogP contribution in [0.4, 0.5) is 0 Å². The van der Waals surface area contributed by atoms with Crippen molar-refractivity contribution in [1.29, 1.82) is 0 Å². The van der Waals surface area contributed by atoms with Crippen LogP contribution < -0.4 is 0 Å². The number of halogens is 1. The minimum Gasteiger partial charge on any atom is -0.271 e. The third-order valence-electron chi connectivity index (χ3n) is 1.79. The van der Waals surface area contributed by atoms with Crippen LogP contribution in [0.5, 0.6) is 0 Å². The molecule has 0 saturated carbocycles. The number of aromatic nitrogens is 3. The van der Waals surface area contributed by atoms with Gasteiger partial charge in [-0.2, -0.15) is 4.68 Å². The predicted molar refractivity (Wildman–Crippen MR) is 50.4 cm³/mol. The normalized spacial score (nSPS) is 20.8. The van der Waals surface area contributed by atoms with Crippen LogP contribution >= 0.6 is 23.4 Å². The third kappa shape index (κ3) is 1.46. The Morgan fingerprint density at radius 3 is 3.08 bits per heavy atom. The Hall–Kier alpha value is -0.550. The average Bonchev–Trinajstić information content (AvgIpc) is 2.54. The number of rotatable bonds is 2. The van der Waals surface area contributed by atoms with E-state index in [1.54, 1.807) is 6.92 Å². The first-order chi connectivity index (χ1) is 6.22. The monoisotopic (exact) mass is 217 g/mol. The molecule has 0 radical (unpaired) electrons. The van der Waals surface area contributed by atoms with Crippen LogP contribution in [-0.2, 0) is 0 Å². The Kier molecular flexibility index (Phi) is 2.29. The molecule has 2 heterocycles. The first-order valence-electron chi connectivity index (χ1n) is 3.93. The van der Waals surface area contributed by atoms with E-state index in [4.69, 9.17) is 11.6 Å². The van der Waals surface area contributed by atoms with Gasteiger partial charge in [0.15, 0.2) is 5.16 Å². The lowest BCUT2D eigenvalue weighted by Gasteiger charge is -2.01. The largest absolute Gasteiger partial charge is 0.271 e. The van der Waals surface area contributed by atoms with Gasteiger partial charge in [0.05, 0.1) is 5.25 Å².